The zero-order valence-electron chi connectivity index (χ0n) is 6.48. The van der Waals surface area contributed by atoms with Crippen LogP contribution in [0.4, 0.5) is 0 Å². The molecule has 0 unspecified atom stereocenters. The first kappa shape index (κ1) is 8.48. The van der Waals surface area contributed by atoms with Gasteiger partial charge < -0.3 is 0 Å². The molecule has 0 heteroatoms. The number of rotatable bonds is 4. The van der Waals surface area contributed by atoms with E-state index < -0.39 is 0 Å². The van der Waals surface area contributed by atoms with Crippen LogP contribution in [0.2, 0.25) is 0 Å². The first-order valence-corrected chi connectivity index (χ1v) is 3.53. The van der Waals surface area contributed by atoms with Crippen LogP contribution in [0.1, 0.15) is 33.1 Å². The minimum atomic E-state index is 1.17. The number of hydrogen-bond acceptors (Lipinski definition) is 0. The molecule has 0 saturated carbocycles. The van der Waals surface area contributed by atoms with E-state index in [0.717, 1.165) is 0 Å². The molecule has 52 valence electrons. The summed E-state index contributed by atoms with van der Waals surface area (Å²) in [5.74, 6) is 0. The Morgan fingerprint density at radius 3 is 2.67 bits per heavy atom. The van der Waals surface area contributed by atoms with Gasteiger partial charge >= 0.3 is 0 Å². The van der Waals surface area contributed by atoms with Crippen molar-refractivity contribution in [2.45, 2.75) is 33.1 Å². The molecule has 0 fully saturated rings. The molecule has 0 N–H and O–H groups in total. The summed E-state index contributed by atoms with van der Waals surface area (Å²) in [5, 5.41) is 0. The summed E-state index contributed by atoms with van der Waals surface area (Å²) in [4.78, 5) is 0. The normalized spacial score (nSPS) is 10.4. The molecule has 0 aromatic rings. The van der Waals surface area contributed by atoms with E-state index in [4.69, 9.17) is 0 Å². The molecule has 0 aromatic carbocycles. The molecule has 0 aliphatic carbocycles. The fourth-order valence-corrected chi connectivity index (χ4v) is 0.688. The van der Waals surface area contributed by atoms with E-state index in [1.54, 1.807) is 0 Å². The summed E-state index contributed by atoms with van der Waals surface area (Å²) in [5.41, 5.74) is 1.29. The van der Waals surface area contributed by atoms with Crippen LogP contribution in [0.25, 0.3) is 0 Å². The van der Waals surface area contributed by atoms with Gasteiger partial charge in [0.1, 0.15) is 0 Å². The highest BCUT2D eigenvalue weighted by molar-refractivity contribution is 4.88. The zero-order chi connectivity index (χ0) is 7.11. The average Bonchev–Trinajstić information content (AvgIpc) is 1.80. The minimum absolute atomic E-state index is 1.17. The van der Waals surface area contributed by atoms with Gasteiger partial charge in [0, 0.05) is 0 Å². The third-order valence-electron chi connectivity index (χ3n) is 1.21. The summed E-state index contributed by atoms with van der Waals surface area (Å²) in [6, 6.07) is 0. The molecule has 0 aromatic heterocycles. The molecule has 9 heavy (non-hydrogen) atoms. The first-order valence-electron chi connectivity index (χ1n) is 3.53. The Hall–Kier alpha value is -0.520. The molecule has 0 aliphatic rings. The van der Waals surface area contributed by atoms with Crippen molar-refractivity contribution in [3.05, 3.63) is 24.3 Å². The smallest absolute Gasteiger partial charge is 0.0323 e. The first-order chi connectivity index (χ1) is 4.27. The van der Waals surface area contributed by atoms with Crippen LogP contribution in [-0.4, -0.2) is 0 Å². The molecule has 0 bridgehead atoms. The van der Waals surface area contributed by atoms with Gasteiger partial charge in [0.2, 0.25) is 0 Å². The number of allylic oxidation sites excluding steroid dienone is 3. The quantitative estimate of drug-likeness (QED) is 0.398. The number of hydrogen-bond donors (Lipinski definition) is 0. The molecular formula is C9H16. The lowest BCUT2D eigenvalue weighted by molar-refractivity contribution is 0.834. The summed E-state index contributed by atoms with van der Waals surface area (Å²) in [6.07, 6.45) is 7.91. The Kier molecular flexibility index (Phi) is 5.29. The highest BCUT2D eigenvalue weighted by Crippen LogP contribution is 2.03. The zero-order valence-corrected chi connectivity index (χ0v) is 6.48. The highest BCUT2D eigenvalue weighted by atomic mass is 13.9. The van der Waals surface area contributed by atoms with Gasteiger partial charge in [-0.2, -0.15) is 0 Å². The van der Waals surface area contributed by atoms with Gasteiger partial charge in [-0.3, -0.25) is 0 Å². The van der Waals surface area contributed by atoms with E-state index in [9.17, 15) is 0 Å². The SMILES string of the molecule is C=C(C)CCC/C=C\C. The van der Waals surface area contributed by atoms with Gasteiger partial charge in [-0.05, 0) is 33.1 Å². The third kappa shape index (κ3) is 7.48. The van der Waals surface area contributed by atoms with Crippen LogP contribution in [0.3, 0.4) is 0 Å². The fourth-order valence-electron chi connectivity index (χ4n) is 0.688. The van der Waals surface area contributed by atoms with E-state index in [2.05, 4.69) is 32.6 Å². The summed E-state index contributed by atoms with van der Waals surface area (Å²) >= 11 is 0. The Morgan fingerprint density at radius 1 is 1.56 bits per heavy atom. The molecule has 0 nitrogen and oxygen atoms in total. The molecule has 0 atom stereocenters. The monoisotopic (exact) mass is 124 g/mol. The highest BCUT2D eigenvalue weighted by Gasteiger charge is 1.83. The van der Waals surface area contributed by atoms with Crippen LogP contribution in [0, 0.1) is 0 Å². The maximum absolute atomic E-state index is 3.83. The molecule has 0 radical (unpaired) electrons. The average molecular weight is 124 g/mol. The summed E-state index contributed by atoms with van der Waals surface area (Å²) < 4.78 is 0. The van der Waals surface area contributed by atoms with Crippen molar-refractivity contribution in [3.8, 4) is 0 Å². The second-order valence-electron chi connectivity index (χ2n) is 2.42. The summed E-state index contributed by atoms with van der Waals surface area (Å²) in [6.45, 7) is 7.96. The van der Waals surface area contributed by atoms with Crippen LogP contribution in [0.5, 0.6) is 0 Å². The minimum Gasteiger partial charge on any atom is -0.100 e. The van der Waals surface area contributed by atoms with Crippen molar-refractivity contribution in [3.63, 3.8) is 0 Å². The van der Waals surface area contributed by atoms with Gasteiger partial charge in [0.25, 0.3) is 0 Å². The van der Waals surface area contributed by atoms with E-state index in [-0.39, 0.29) is 0 Å². The van der Waals surface area contributed by atoms with E-state index >= 15 is 0 Å². The third-order valence-corrected chi connectivity index (χ3v) is 1.21. The maximum Gasteiger partial charge on any atom is -0.0323 e. The second-order valence-corrected chi connectivity index (χ2v) is 2.42. The predicted octanol–water partition coefficient (Wildman–Crippen LogP) is 3.31. The Bertz CT molecular complexity index is 98.6. The van der Waals surface area contributed by atoms with Crippen molar-refractivity contribution in [2.75, 3.05) is 0 Å². The van der Waals surface area contributed by atoms with Crippen LogP contribution >= 0.6 is 0 Å². The fraction of sp³-hybridized carbons (Fsp3) is 0.556. The lowest BCUT2D eigenvalue weighted by atomic mass is 10.1. The largest absolute Gasteiger partial charge is 0.100 e. The van der Waals surface area contributed by atoms with Gasteiger partial charge in [-0.1, -0.05) is 17.7 Å². The van der Waals surface area contributed by atoms with E-state index in [0.29, 0.717) is 0 Å². The number of unbranched alkanes of at least 4 members (excludes halogenated alkanes) is 1. The van der Waals surface area contributed by atoms with Crippen molar-refractivity contribution in [2.24, 2.45) is 0 Å². The molecule has 0 aliphatic heterocycles. The van der Waals surface area contributed by atoms with E-state index in [1.807, 2.05) is 0 Å². The van der Waals surface area contributed by atoms with Gasteiger partial charge in [-0.15, -0.1) is 6.58 Å². The Balaban J connectivity index is 3.01. The molecular weight excluding hydrogens is 108 g/mol. The molecule has 0 rings (SSSR count). The van der Waals surface area contributed by atoms with Crippen molar-refractivity contribution < 1.29 is 0 Å². The van der Waals surface area contributed by atoms with Gasteiger partial charge in [0.05, 0.1) is 0 Å². The van der Waals surface area contributed by atoms with Crippen LogP contribution in [-0.2, 0) is 0 Å². The van der Waals surface area contributed by atoms with Gasteiger partial charge in [0.15, 0.2) is 0 Å². The van der Waals surface area contributed by atoms with Crippen LogP contribution in [0.15, 0.2) is 24.3 Å². The van der Waals surface area contributed by atoms with Crippen molar-refractivity contribution in [1.29, 1.82) is 0 Å². The molecule has 0 heterocycles. The molecule has 0 spiro atoms. The Labute approximate surface area is 58.3 Å². The lowest BCUT2D eigenvalue weighted by Crippen LogP contribution is -1.73. The standard InChI is InChI=1S/C9H16/c1-4-5-6-7-8-9(2)3/h4-5H,2,6-8H2,1,3H3/b5-4-. The topological polar surface area (TPSA) is 0 Å². The lowest BCUT2D eigenvalue weighted by Gasteiger charge is -1.93. The predicted molar refractivity (Wildman–Crippen MR) is 43.5 cm³/mol. The maximum atomic E-state index is 3.83. The van der Waals surface area contributed by atoms with Crippen LogP contribution < -0.4 is 0 Å². The molecule has 0 amide bonds. The Morgan fingerprint density at radius 2 is 2.22 bits per heavy atom. The summed E-state index contributed by atoms with van der Waals surface area (Å²) in [7, 11) is 0. The van der Waals surface area contributed by atoms with Crippen molar-refractivity contribution in [1.82, 2.24) is 0 Å². The van der Waals surface area contributed by atoms with E-state index in [1.165, 1.54) is 24.8 Å². The van der Waals surface area contributed by atoms with Gasteiger partial charge in [-0.25, -0.2) is 0 Å². The van der Waals surface area contributed by atoms with Crippen molar-refractivity contribution >= 4 is 0 Å². The molecule has 0 saturated heterocycles. The second kappa shape index (κ2) is 5.61.